The number of nitrogens with one attached hydrogen (secondary N) is 1. The molecule has 11 heteroatoms. The molecule has 4 rings (SSSR count). The number of tetrazole rings is 1. The van der Waals surface area contributed by atoms with E-state index in [2.05, 4.69) is 20.8 Å². The molecule has 0 bridgehead atoms. The molecule has 0 aliphatic carbocycles. The minimum atomic E-state index is -1.16. The number of hydrogen-bond donors (Lipinski definition) is 1. The van der Waals surface area contributed by atoms with E-state index in [0.717, 1.165) is 16.7 Å². The number of benzene rings is 3. The van der Waals surface area contributed by atoms with E-state index in [9.17, 15) is 14.4 Å². The fourth-order valence-corrected chi connectivity index (χ4v) is 4.12. The van der Waals surface area contributed by atoms with Gasteiger partial charge in [0, 0.05) is 6.92 Å². The average Bonchev–Trinajstić information content (AvgIpc) is 3.48. The summed E-state index contributed by atoms with van der Waals surface area (Å²) in [5, 5.41) is 14.6. The molecule has 0 fully saturated rings. The monoisotopic (exact) mass is 557 g/mol. The molecule has 1 amide bonds. The molecule has 3 aromatic carbocycles. The van der Waals surface area contributed by atoms with Crippen LogP contribution in [0, 0.1) is 0 Å². The summed E-state index contributed by atoms with van der Waals surface area (Å²) in [6.07, 6.45) is -1.63. The standard InChI is InChI=1S/C30H31N5O6/c1-21(29(37)39-19-24-14-8-4-9-15-24)35-28(32-33-34-35)27(41-22(2)36)26(18-23-12-6-3-7-13-23)31-30(38)40-20-25-16-10-5-11-17-25/h3-17,21,26-27H,18-20H2,1-2H3,(H,31,38)/t21-,26-,27-/m0/s1. The molecule has 11 nitrogen and oxygen atoms in total. The van der Waals surface area contributed by atoms with Crippen LogP contribution in [0.5, 0.6) is 0 Å². The third-order valence-corrected chi connectivity index (χ3v) is 6.18. The van der Waals surface area contributed by atoms with Gasteiger partial charge in [-0.2, -0.15) is 0 Å². The van der Waals surface area contributed by atoms with Gasteiger partial charge < -0.3 is 19.5 Å². The Labute approximate surface area is 237 Å². The molecule has 0 spiro atoms. The lowest BCUT2D eigenvalue weighted by Crippen LogP contribution is -2.43. The second kappa shape index (κ2) is 14.4. The van der Waals surface area contributed by atoms with E-state index in [1.807, 2.05) is 91.0 Å². The van der Waals surface area contributed by atoms with Crippen molar-refractivity contribution in [3.8, 4) is 0 Å². The van der Waals surface area contributed by atoms with Crippen molar-refractivity contribution in [2.45, 2.75) is 51.7 Å². The van der Waals surface area contributed by atoms with Crippen LogP contribution < -0.4 is 5.32 Å². The fourth-order valence-electron chi connectivity index (χ4n) is 4.12. The summed E-state index contributed by atoms with van der Waals surface area (Å²) in [5.41, 5.74) is 2.49. The Morgan fingerprint density at radius 1 is 0.805 bits per heavy atom. The maximum atomic E-state index is 12.9. The first kappa shape index (κ1) is 28.9. The second-order valence-electron chi connectivity index (χ2n) is 9.28. The average molecular weight is 558 g/mol. The summed E-state index contributed by atoms with van der Waals surface area (Å²) >= 11 is 0. The molecule has 0 radical (unpaired) electrons. The van der Waals surface area contributed by atoms with Gasteiger partial charge in [-0.05, 0) is 40.5 Å². The molecule has 0 saturated carbocycles. The van der Waals surface area contributed by atoms with Crippen LogP contribution in [0.15, 0.2) is 91.0 Å². The maximum Gasteiger partial charge on any atom is 0.407 e. The number of alkyl carbamates (subject to hydrolysis) is 1. The molecule has 0 unspecified atom stereocenters. The lowest BCUT2D eigenvalue weighted by atomic mass is 10.0. The zero-order valence-electron chi connectivity index (χ0n) is 22.8. The highest BCUT2D eigenvalue weighted by Gasteiger charge is 2.35. The first-order valence-electron chi connectivity index (χ1n) is 13.1. The van der Waals surface area contributed by atoms with Gasteiger partial charge in [0.15, 0.2) is 18.0 Å². The van der Waals surface area contributed by atoms with Gasteiger partial charge in [-0.15, -0.1) is 5.10 Å². The zero-order valence-corrected chi connectivity index (χ0v) is 22.8. The molecule has 0 saturated heterocycles. The third kappa shape index (κ3) is 8.46. The molecule has 1 N–H and O–H groups in total. The summed E-state index contributed by atoms with van der Waals surface area (Å²) in [5.74, 6) is -1.14. The SMILES string of the molecule is CC(=O)O[C@H](c1nnnn1[C@@H](C)C(=O)OCc1ccccc1)[C@H](Cc1ccccc1)NC(=O)OCc1ccccc1. The maximum absolute atomic E-state index is 12.9. The third-order valence-electron chi connectivity index (χ3n) is 6.18. The number of carbonyl (C=O) groups excluding carboxylic acids is 3. The first-order chi connectivity index (χ1) is 19.9. The van der Waals surface area contributed by atoms with Gasteiger partial charge in [0.2, 0.25) is 0 Å². The van der Waals surface area contributed by atoms with Crippen molar-refractivity contribution in [1.29, 1.82) is 0 Å². The van der Waals surface area contributed by atoms with Crippen molar-refractivity contribution >= 4 is 18.0 Å². The number of aromatic nitrogens is 4. The summed E-state index contributed by atoms with van der Waals surface area (Å²) in [4.78, 5) is 38.1. The molecule has 41 heavy (non-hydrogen) atoms. The number of rotatable bonds is 12. The van der Waals surface area contributed by atoms with Crippen molar-refractivity contribution in [2.75, 3.05) is 0 Å². The lowest BCUT2D eigenvalue weighted by Gasteiger charge is -2.27. The number of hydrogen-bond acceptors (Lipinski definition) is 9. The van der Waals surface area contributed by atoms with E-state index in [1.165, 1.54) is 11.6 Å². The van der Waals surface area contributed by atoms with Crippen LogP contribution in [0.25, 0.3) is 0 Å². The Morgan fingerprint density at radius 3 is 1.90 bits per heavy atom. The first-order valence-corrected chi connectivity index (χ1v) is 13.1. The van der Waals surface area contributed by atoms with Crippen molar-refractivity contribution < 1.29 is 28.6 Å². The lowest BCUT2D eigenvalue weighted by molar-refractivity contribution is -0.150. The van der Waals surface area contributed by atoms with E-state index >= 15 is 0 Å². The van der Waals surface area contributed by atoms with Crippen LogP contribution in [0.1, 0.15) is 48.5 Å². The van der Waals surface area contributed by atoms with Crippen LogP contribution in [-0.4, -0.2) is 44.3 Å². The van der Waals surface area contributed by atoms with Crippen LogP contribution in [-0.2, 0) is 43.4 Å². The molecular formula is C30H31N5O6. The van der Waals surface area contributed by atoms with Gasteiger partial charge in [0.1, 0.15) is 13.2 Å². The van der Waals surface area contributed by atoms with Crippen molar-refractivity contribution in [3.05, 3.63) is 114 Å². The number of carbonyl (C=O) groups is 3. The number of nitrogens with zero attached hydrogens (tertiary/aromatic N) is 4. The highest BCUT2D eigenvalue weighted by Crippen LogP contribution is 2.25. The van der Waals surface area contributed by atoms with Crippen LogP contribution in [0.3, 0.4) is 0 Å². The largest absolute Gasteiger partial charge is 0.459 e. The van der Waals surface area contributed by atoms with E-state index in [4.69, 9.17) is 14.2 Å². The highest BCUT2D eigenvalue weighted by molar-refractivity contribution is 5.73. The highest BCUT2D eigenvalue weighted by atomic mass is 16.6. The van der Waals surface area contributed by atoms with E-state index in [0.29, 0.717) is 0 Å². The summed E-state index contributed by atoms with van der Waals surface area (Å²) < 4.78 is 17.8. The topological polar surface area (TPSA) is 135 Å². The molecule has 0 aliphatic heterocycles. The minimum absolute atomic E-state index is 0.0466. The minimum Gasteiger partial charge on any atom is -0.459 e. The summed E-state index contributed by atoms with van der Waals surface area (Å²) in [6.45, 7) is 2.93. The molecule has 3 atom stereocenters. The smallest absolute Gasteiger partial charge is 0.407 e. The Morgan fingerprint density at radius 2 is 1.34 bits per heavy atom. The number of amides is 1. The molecular weight excluding hydrogens is 526 g/mol. The van der Waals surface area contributed by atoms with Crippen LogP contribution in [0.4, 0.5) is 4.79 Å². The van der Waals surface area contributed by atoms with Crippen molar-refractivity contribution in [1.82, 2.24) is 25.5 Å². The predicted octanol–water partition coefficient (Wildman–Crippen LogP) is 4.12. The van der Waals surface area contributed by atoms with Gasteiger partial charge in [-0.25, -0.2) is 14.3 Å². The van der Waals surface area contributed by atoms with Gasteiger partial charge in [-0.3, -0.25) is 4.79 Å². The summed E-state index contributed by atoms with van der Waals surface area (Å²) in [7, 11) is 0. The van der Waals surface area contributed by atoms with E-state index in [-0.39, 0.29) is 25.5 Å². The van der Waals surface area contributed by atoms with Crippen molar-refractivity contribution in [3.63, 3.8) is 0 Å². The van der Waals surface area contributed by atoms with Gasteiger partial charge in [0.25, 0.3) is 0 Å². The normalized spacial score (nSPS) is 12.9. The molecule has 4 aromatic rings. The van der Waals surface area contributed by atoms with Crippen LogP contribution in [0.2, 0.25) is 0 Å². The van der Waals surface area contributed by atoms with Crippen molar-refractivity contribution in [2.24, 2.45) is 0 Å². The van der Waals surface area contributed by atoms with E-state index < -0.39 is 36.2 Å². The Bertz CT molecular complexity index is 1420. The predicted molar refractivity (Wildman–Crippen MR) is 147 cm³/mol. The number of esters is 2. The van der Waals surface area contributed by atoms with Gasteiger partial charge in [0.05, 0.1) is 6.04 Å². The summed E-state index contributed by atoms with van der Waals surface area (Å²) in [6, 6.07) is 26.0. The molecule has 1 aromatic heterocycles. The zero-order chi connectivity index (χ0) is 29.0. The Hall–Kier alpha value is -5.06. The quantitative estimate of drug-likeness (QED) is 0.202. The van der Waals surface area contributed by atoms with Crippen LogP contribution >= 0.6 is 0 Å². The second-order valence-corrected chi connectivity index (χ2v) is 9.28. The fraction of sp³-hybridized carbons (Fsp3) is 0.267. The molecule has 212 valence electrons. The van der Waals surface area contributed by atoms with Gasteiger partial charge in [-0.1, -0.05) is 91.0 Å². The van der Waals surface area contributed by atoms with Gasteiger partial charge >= 0.3 is 18.0 Å². The Kier molecular flexibility index (Phi) is 10.1. The Balaban J connectivity index is 1.56. The number of ether oxygens (including phenoxy) is 3. The van der Waals surface area contributed by atoms with E-state index in [1.54, 1.807) is 6.92 Å². The molecule has 1 heterocycles. The molecule has 0 aliphatic rings.